The quantitative estimate of drug-likeness (QED) is 0.577. The minimum absolute atomic E-state index is 0.0601. The van der Waals surface area contributed by atoms with Gasteiger partial charge in [-0.3, -0.25) is 14.5 Å². The number of hydrogen-bond donors (Lipinski definition) is 0. The van der Waals surface area contributed by atoms with E-state index in [4.69, 9.17) is 17.0 Å². The molecule has 0 bridgehead atoms. The lowest BCUT2D eigenvalue weighted by atomic mass is 10.2. The van der Waals surface area contributed by atoms with Gasteiger partial charge in [0.05, 0.1) is 12.2 Å². The predicted octanol–water partition coefficient (Wildman–Crippen LogP) is 1.26. The van der Waals surface area contributed by atoms with Crippen LogP contribution in [0.3, 0.4) is 0 Å². The number of amides is 2. The SMILES string of the molecule is C[C@@H]1CN(C(=S)SCCN2C(=O)CCC2=O)C[C@@H](C)O1. The number of ether oxygens (including phenoxy) is 1. The van der Waals surface area contributed by atoms with Gasteiger partial charge in [-0.05, 0) is 13.8 Å². The van der Waals surface area contributed by atoms with Crippen LogP contribution in [0.1, 0.15) is 26.7 Å². The van der Waals surface area contributed by atoms with Crippen LogP contribution in [0.4, 0.5) is 0 Å². The van der Waals surface area contributed by atoms with Crippen LogP contribution in [0.15, 0.2) is 0 Å². The van der Waals surface area contributed by atoms with Crippen molar-refractivity contribution in [3.8, 4) is 0 Å². The highest BCUT2D eigenvalue weighted by Crippen LogP contribution is 2.18. The van der Waals surface area contributed by atoms with Crippen molar-refractivity contribution in [3.05, 3.63) is 0 Å². The highest BCUT2D eigenvalue weighted by atomic mass is 32.2. The maximum Gasteiger partial charge on any atom is 0.229 e. The maximum absolute atomic E-state index is 11.5. The molecule has 2 amide bonds. The van der Waals surface area contributed by atoms with E-state index in [1.807, 2.05) is 13.8 Å². The lowest BCUT2D eigenvalue weighted by Gasteiger charge is -2.36. The monoisotopic (exact) mass is 316 g/mol. The molecule has 0 aromatic rings. The molecule has 5 nitrogen and oxygen atoms in total. The molecule has 0 radical (unpaired) electrons. The van der Waals surface area contributed by atoms with Crippen LogP contribution < -0.4 is 0 Å². The van der Waals surface area contributed by atoms with E-state index >= 15 is 0 Å². The number of rotatable bonds is 3. The summed E-state index contributed by atoms with van der Waals surface area (Å²) >= 11 is 6.96. The first-order chi connectivity index (χ1) is 9.47. The Hall–Kier alpha value is -0.660. The first kappa shape index (κ1) is 15.7. The van der Waals surface area contributed by atoms with Gasteiger partial charge in [-0.25, -0.2) is 0 Å². The zero-order valence-corrected chi connectivity index (χ0v) is 13.5. The Morgan fingerprint density at radius 1 is 1.25 bits per heavy atom. The summed E-state index contributed by atoms with van der Waals surface area (Å²) < 4.78 is 6.50. The molecule has 112 valence electrons. The Morgan fingerprint density at radius 2 is 1.80 bits per heavy atom. The van der Waals surface area contributed by atoms with Crippen molar-refractivity contribution in [3.63, 3.8) is 0 Å². The highest BCUT2D eigenvalue weighted by Gasteiger charge is 2.29. The Balaban J connectivity index is 1.75. The topological polar surface area (TPSA) is 49.9 Å². The molecule has 0 aliphatic carbocycles. The van der Waals surface area contributed by atoms with Crippen molar-refractivity contribution in [2.24, 2.45) is 0 Å². The number of thioether (sulfide) groups is 1. The van der Waals surface area contributed by atoms with Gasteiger partial charge in [0.1, 0.15) is 4.32 Å². The third kappa shape index (κ3) is 3.93. The van der Waals surface area contributed by atoms with E-state index in [0.29, 0.717) is 25.1 Å². The Morgan fingerprint density at radius 3 is 2.35 bits per heavy atom. The van der Waals surface area contributed by atoms with Gasteiger partial charge in [0.15, 0.2) is 0 Å². The van der Waals surface area contributed by atoms with Gasteiger partial charge in [-0.15, -0.1) is 0 Å². The first-order valence-electron chi connectivity index (χ1n) is 6.87. The average molecular weight is 316 g/mol. The zero-order chi connectivity index (χ0) is 14.7. The number of nitrogens with zero attached hydrogens (tertiary/aromatic N) is 2. The molecule has 0 N–H and O–H groups in total. The minimum Gasteiger partial charge on any atom is -0.372 e. The molecule has 2 heterocycles. The Bertz CT molecular complexity index is 390. The second kappa shape index (κ2) is 6.87. The largest absolute Gasteiger partial charge is 0.372 e. The van der Waals surface area contributed by atoms with E-state index < -0.39 is 0 Å². The molecule has 2 aliphatic rings. The molecule has 2 fully saturated rings. The van der Waals surface area contributed by atoms with Gasteiger partial charge < -0.3 is 9.64 Å². The maximum atomic E-state index is 11.5. The third-order valence-corrected chi connectivity index (χ3v) is 4.88. The minimum atomic E-state index is -0.0601. The molecule has 0 spiro atoms. The fourth-order valence-corrected chi connectivity index (χ4v) is 3.69. The molecule has 2 rings (SSSR count). The standard InChI is InChI=1S/C13H20N2O3S2/c1-9-7-14(8-10(2)18-9)13(19)20-6-5-15-11(16)3-4-12(15)17/h9-10H,3-8H2,1-2H3/t9-,10-/m1/s1. The fourth-order valence-electron chi connectivity index (χ4n) is 2.51. The lowest BCUT2D eigenvalue weighted by Crippen LogP contribution is -2.47. The predicted molar refractivity (Wildman–Crippen MR) is 82.6 cm³/mol. The van der Waals surface area contributed by atoms with Crippen LogP contribution in [0.2, 0.25) is 0 Å². The summed E-state index contributed by atoms with van der Waals surface area (Å²) in [5, 5.41) is 0. The second-order valence-electron chi connectivity index (χ2n) is 5.22. The molecular weight excluding hydrogens is 296 g/mol. The third-order valence-electron chi connectivity index (χ3n) is 3.37. The van der Waals surface area contributed by atoms with Crippen LogP contribution in [-0.2, 0) is 14.3 Å². The molecule has 0 aromatic heterocycles. The molecule has 0 saturated carbocycles. The van der Waals surface area contributed by atoms with E-state index in [1.165, 1.54) is 16.7 Å². The molecular formula is C13H20N2O3S2. The van der Waals surface area contributed by atoms with Crippen LogP contribution >= 0.6 is 24.0 Å². The summed E-state index contributed by atoms with van der Waals surface area (Å²) in [4.78, 5) is 26.5. The van der Waals surface area contributed by atoms with Gasteiger partial charge in [0, 0.05) is 38.2 Å². The molecule has 7 heteroatoms. The van der Waals surface area contributed by atoms with E-state index in [2.05, 4.69) is 4.90 Å². The number of carbonyl (C=O) groups excluding carboxylic acids is 2. The summed E-state index contributed by atoms with van der Waals surface area (Å²) in [5.41, 5.74) is 0. The molecule has 0 unspecified atom stereocenters. The lowest BCUT2D eigenvalue weighted by molar-refractivity contribution is -0.137. The van der Waals surface area contributed by atoms with E-state index in [-0.39, 0.29) is 24.0 Å². The van der Waals surface area contributed by atoms with Gasteiger partial charge in [0.2, 0.25) is 11.8 Å². The summed E-state index contributed by atoms with van der Waals surface area (Å²) in [5.74, 6) is 0.543. The Labute approximate surface area is 129 Å². The Kier molecular flexibility index (Phi) is 5.40. The van der Waals surface area contributed by atoms with Crippen molar-refractivity contribution in [1.29, 1.82) is 0 Å². The van der Waals surface area contributed by atoms with Gasteiger partial charge >= 0.3 is 0 Å². The molecule has 2 atom stereocenters. The van der Waals surface area contributed by atoms with Crippen molar-refractivity contribution in [1.82, 2.24) is 9.80 Å². The molecule has 2 saturated heterocycles. The van der Waals surface area contributed by atoms with Crippen molar-refractivity contribution in [2.75, 3.05) is 25.4 Å². The zero-order valence-electron chi connectivity index (χ0n) is 11.8. The van der Waals surface area contributed by atoms with Crippen molar-refractivity contribution >= 4 is 40.1 Å². The van der Waals surface area contributed by atoms with Gasteiger partial charge in [-0.1, -0.05) is 24.0 Å². The number of carbonyl (C=O) groups is 2. The van der Waals surface area contributed by atoms with Crippen LogP contribution in [-0.4, -0.2) is 63.5 Å². The first-order valence-corrected chi connectivity index (χ1v) is 8.27. The molecule has 2 aliphatic heterocycles. The van der Waals surface area contributed by atoms with Gasteiger partial charge in [0.25, 0.3) is 0 Å². The van der Waals surface area contributed by atoms with Crippen LogP contribution in [0, 0.1) is 0 Å². The van der Waals surface area contributed by atoms with E-state index in [0.717, 1.165) is 17.4 Å². The number of likely N-dealkylation sites (tertiary alicyclic amines) is 1. The van der Waals surface area contributed by atoms with Crippen molar-refractivity contribution < 1.29 is 14.3 Å². The fraction of sp³-hybridized carbons (Fsp3) is 0.769. The summed E-state index contributed by atoms with van der Waals surface area (Å²) in [6, 6.07) is 0. The van der Waals surface area contributed by atoms with E-state index in [9.17, 15) is 9.59 Å². The van der Waals surface area contributed by atoms with E-state index in [1.54, 1.807) is 0 Å². The van der Waals surface area contributed by atoms with Gasteiger partial charge in [-0.2, -0.15) is 0 Å². The van der Waals surface area contributed by atoms with Crippen LogP contribution in [0.25, 0.3) is 0 Å². The normalized spacial score (nSPS) is 27.3. The second-order valence-corrected chi connectivity index (χ2v) is 6.94. The highest BCUT2D eigenvalue weighted by molar-refractivity contribution is 8.22. The molecule has 20 heavy (non-hydrogen) atoms. The molecule has 0 aromatic carbocycles. The van der Waals surface area contributed by atoms with Crippen molar-refractivity contribution in [2.45, 2.75) is 38.9 Å². The summed E-state index contributed by atoms with van der Waals surface area (Å²) in [7, 11) is 0. The number of hydrogen-bond acceptors (Lipinski definition) is 5. The number of morpholine rings is 1. The average Bonchev–Trinajstić information content (AvgIpc) is 2.69. The number of thiocarbonyl (C=S) groups is 1. The summed E-state index contributed by atoms with van der Waals surface area (Å²) in [6.07, 6.45) is 1.07. The number of imide groups is 1. The summed E-state index contributed by atoms with van der Waals surface area (Å²) in [6.45, 7) is 6.14. The van der Waals surface area contributed by atoms with Crippen LogP contribution in [0.5, 0.6) is 0 Å². The smallest absolute Gasteiger partial charge is 0.229 e.